The molecule has 0 atom stereocenters. The van der Waals surface area contributed by atoms with E-state index in [0.717, 1.165) is 11.1 Å². The molecule has 4 rings (SSSR count). The van der Waals surface area contributed by atoms with Gasteiger partial charge in [0.15, 0.2) is 5.76 Å². The summed E-state index contributed by atoms with van der Waals surface area (Å²) < 4.78 is 17.3. The summed E-state index contributed by atoms with van der Waals surface area (Å²) in [5, 5.41) is 1.45. The van der Waals surface area contributed by atoms with Crippen LogP contribution in [0, 0.1) is 6.92 Å². The molecular formula is C24H18Cl2O4. The van der Waals surface area contributed by atoms with Crippen LogP contribution in [-0.2, 0) is 6.61 Å². The average Bonchev–Trinajstić information content (AvgIpc) is 2.74. The van der Waals surface area contributed by atoms with Crippen LogP contribution in [0.1, 0.15) is 11.1 Å². The number of benzene rings is 3. The maximum absolute atomic E-state index is 13.3. The van der Waals surface area contributed by atoms with E-state index in [1.807, 2.05) is 31.2 Å². The largest absolute Gasteiger partial charge is 0.497 e. The van der Waals surface area contributed by atoms with Crippen LogP contribution in [0.4, 0.5) is 0 Å². The van der Waals surface area contributed by atoms with Gasteiger partial charge in [-0.15, -0.1) is 0 Å². The molecule has 0 spiro atoms. The quantitative estimate of drug-likeness (QED) is 0.347. The normalized spacial score (nSPS) is 10.9. The Hall–Kier alpha value is -2.95. The summed E-state index contributed by atoms with van der Waals surface area (Å²) in [6.07, 6.45) is 0. The van der Waals surface area contributed by atoms with Crippen LogP contribution < -0.4 is 14.9 Å². The predicted octanol–water partition coefficient (Wildman–Crippen LogP) is 6.66. The topological polar surface area (TPSA) is 48.7 Å². The van der Waals surface area contributed by atoms with Crippen molar-refractivity contribution in [2.45, 2.75) is 13.5 Å². The molecule has 0 radical (unpaired) electrons. The van der Waals surface area contributed by atoms with Gasteiger partial charge in [-0.2, -0.15) is 0 Å². The van der Waals surface area contributed by atoms with E-state index in [1.165, 1.54) is 0 Å². The molecule has 30 heavy (non-hydrogen) atoms. The Labute approximate surface area is 183 Å². The van der Waals surface area contributed by atoms with E-state index in [1.54, 1.807) is 43.5 Å². The van der Waals surface area contributed by atoms with E-state index in [-0.39, 0.29) is 17.8 Å². The number of rotatable bonds is 5. The Kier molecular flexibility index (Phi) is 5.71. The van der Waals surface area contributed by atoms with Crippen LogP contribution in [0.5, 0.6) is 11.5 Å². The fourth-order valence-electron chi connectivity index (χ4n) is 3.14. The molecular weight excluding hydrogens is 423 g/mol. The minimum Gasteiger partial charge on any atom is -0.497 e. The van der Waals surface area contributed by atoms with Crippen LogP contribution in [-0.4, -0.2) is 7.11 Å². The van der Waals surface area contributed by atoms with E-state index >= 15 is 0 Å². The van der Waals surface area contributed by atoms with Crippen molar-refractivity contribution in [2.75, 3.05) is 7.11 Å². The second-order valence-corrected chi connectivity index (χ2v) is 7.68. The minimum atomic E-state index is -0.286. The monoisotopic (exact) mass is 440 g/mol. The summed E-state index contributed by atoms with van der Waals surface area (Å²) in [4.78, 5) is 13.3. The van der Waals surface area contributed by atoms with Crippen LogP contribution in [0.2, 0.25) is 10.0 Å². The summed E-state index contributed by atoms with van der Waals surface area (Å²) >= 11 is 12.3. The molecule has 6 heteroatoms. The maximum atomic E-state index is 13.3. The lowest BCUT2D eigenvalue weighted by Crippen LogP contribution is -2.10. The van der Waals surface area contributed by atoms with Crippen molar-refractivity contribution >= 4 is 34.2 Å². The van der Waals surface area contributed by atoms with Gasteiger partial charge in [0, 0.05) is 15.6 Å². The third kappa shape index (κ3) is 4.02. The number of aryl methyl sites for hydroxylation is 1. The van der Waals surface area contributed by atoms with Gasteiger partial charge in [-0.1, -0.05) is 35.3 Å². The third-order valence-electron chi connectivity index (χ3n) is 4.75. The molecule has 0 saturated heterocycles. The van der Waals surface area contributed by atoms with Crippen LogP contribution in [0.3, 0.4) is 0 Å². The molecule has 0 bridgehead atoms. The second kappa shape index (κ2) is 8.42. The minimum absolute atomic E-state index is 0.118. The molecule has 0 unspecified atom stereocenters. The predicted molar refractivity (Wildman–Crippen MR) is 120 cm³/mol. The molecule has 0 saturated carbocycles. The first-order valence-electron chi connectivity index (χ1n) is 9.25. The fourth-order valence-corrected chi connectivity index (χ4v) is 3.52. The molecule has 152 valence electrons. The Morgan fingerprint density at radius 1 is 1.00 bits per heavy atom. The summed E-state index contributed by atoms with van der Waals surface area (Å²) in [5.41, 5.74) is 2.52. The Morgan fingerprint density at radius 3 is 2.47 bits per heavy atom. The number of hydrogen-bond acceptors (Lipinski definition) is 4. The molecule has 0 amide bonds. The zero-order chi connectivity index (χ0) is 21.3. The average molecular weight is 441 g/mol. The lowest BCUT2D eigenvalue weighted by Gasteiger charge is -2.13. The van der Waals surface area contributed by atoms with Crippen molar-refractivity contribution in [3.63, 3.8) is 0 Å². The first-order valence-corrected chi connectivity index (χ1v) is 10.0. The molecule has 0 N–H and O–H groups in total. The smallest absolute Gasteiger partial charge is 0.235 e. The summed E-state index contributed by atoms with van der Waals surface area (Å²) in [6.45, 7) is 2.03. The second-order valence-electron chi connectivity index (χ2n) is 6.83. The lowest BCUT2D eigenvalue weighted by molar-refractivity contribution is 0.298. The van der Waals surface area contributed by atoms with Crippen LogP contribution >= 0.6 is 23.2 Å². The van der Waals surface area contributed by atoms with Gasteiger partial charge in [0.05, 0.1) is 12.5 Å². The molecule has 4 aromatic rings. The molecule has 0 fully saturated rings. The van der Waals surface area contributed by atoms with E-state index in [0.29, 0.717) is 38.1 Å². The zero-order valence-corrected chi connectivity index (χ0v) is 17.9. The number of halogens is 2. The molecule has 4 nitrogen and oxygen atoms in total. The zero-order valence-electron chi connectivity index (χ0n) is 16.4. The van der Waals surface area contributed by atoms with Gasteiger partial charge >= 0.3 is 0 Å². The highest BCUT2D eigenvalue weighted by atomic mass is 35.5. The molecule has 0 aliphatic rings. The van der Waals surface area contributed by atoms with E-state index in [9.17, 15) is 4.79 Å². The summed E-state index contributed by atoms with van der Waals surface area (Å²) in [5.74, 6) is 1.16. The van der Waals surface area contributed by atoms with Gasteiger partial charge in [-0.05, 0) is 66.6 Å². The van der Waals surface area contributed by atoms with E-state index < -0.39 is 0 Å². The van der Waals surface area contributed by atoms with Crippen LogP contribution in [0.25, 0.3) is 22.3 Å². The SMILES string of the molecule is COc1ccc(-c2oc3cc(C)c(Cl)cc3c(=O)c2OCc2cccc(Cl)c2)cc1. The highest BCUT2D eigenvalue weighted by Gasteiger charge is 2.19. The molecule has 0 aliphatic carbocycles. The fraction of sp³-hybridized carbons (Fsp3) is 0.125. The van der Waals surface area contributed by atoms with Crippen molar-refractivity contribution in [2.24, 2.45) is 0 Å². The van der Waals surface area contributed by atoms with Gasteiger partial charge in [0.1, 0.15) is 17.9 Å². The van der Waals surface area contributed by atoms with Gasteiger partial charge in [0.2, 0.25) is 11.2 Å². The Bertz CT molecular complexity index is 1280. The van der Waals surface area contributed by atoms with E-state index in [4.69, 9.17) is 37.1 Å². The molecule has 1 aromatic heterocycles. The Morgan fingerprint density at radius 2 is 1.77 bits per heavy atom. The number of ether oxygens (including phenoxy) is 2. The summed E-state index contributed by atoms with van der Waals surface area (Å²) in [6, 6.07) is 17.9. The highest BCUT2D eigenvalue weighted by molar-refractivity contribution is 6.32. The number of methoxy groups -OCH3 is 1. The molecule has 0 aliphatic heterocycles. The number of hydrogen-bond donors (Lipinski definition) is 0. The first kappa shape index (κ1) is 20.3. The van der Waals surface area contributed by atoms with Crippen molar-refractivity contribution < 1.29 is 13.9 Å². The van der Waals surface area contributed by atoms with Crippen molar-refractivity contribution in [3.8, 4) is 22.8 Å². The van der Waals surface area contributed by atoms with Gasteiger partial charge in [-0.3, -0.25) is 4.79 Å². The standard InChI is InChI=1S/C24H18Cl2O4/c1-14-10-21-19(12-20(14)26)22(27)24(29-13-15-4-3-5-17(25)11-15)23(30-21)16-6-8-18(28-2)9-7-16/h3-12H,13H2,1-2H3. The molecule has 1 heterocycles. The molecule has 3 aromatic carbocycles. The lowest BCUT2D eigenvalue weighted by atomic mass is 10.1. The Balaban J connectivity index is 1.86. The van der Waals surface area contributed by atoms with Crippen molar-refractivity contribution in [1.29, 1.82) is 0 Å². The third-order valence-corrected chi connectivity index (χ3v) is 5.40. The van der Waals surface area contributed by atoms with Crippen molar-refractivity contribution in [1.82, 2.24) is 0 Å². The maximum Gasteiger partial charge on any atom is 0.235 e. The first-order chi connectivity index (χ1) is 14.5. The number of fused-ring (bicyclic) bond motifs is 1. The van der Waals surface area contributed by atoms with E-state index in [2.05, 4.69) is 0 Å². The van der Waals surface area contributed by atoms with Gasteiger partial charge in [0.25, 0.3) is 0 Å². The van der Waals surface area contributed by atoms with Crippen LogP contribution in [0.15, 0.2) is 69.9 Å². The summed E-state index contributed by atoms with van der Waals surface area (Å²) in [7, 11) is 1.59. The van der Waals surface area contributed by atoms with Gasteiger partial charge < -0.3 is 13.9 Å². The highest BCUT2D eigenvalue weighted by Crippen LogP contribution is 2.34. The van der Waals surface area contributed by atoms with Crippen molar-refractivity contribution in [3.05, 3.63) is 92.1 Å². The van der Waals surface area contributed by atoms with Gasteiger partial charge in [-0.25, -0.2) is 0 Å².